The minimum Gasteiger partial charge on any atom is -0.368 e. The van der Waals surface area contributed by atoms with Crippen molar-refractivity contribution in [2.24, 2.45) is 4.99 Å². The lowest BCUT2D eigenvalue weighted by molar-refractivity contribution is -0.124. The van der Waals surface area contributed by atoms with Gasteiger partial charge in [0, 0.05) is 44.4 Å². The number of aliphatic imine (C=N–C) groups is 1. The molecular formula is C21H29IN4O2S. The standard InChI is InChI=1S/C21H28N4O2S.HI/c1-22-21(25(2)11-10-18-8-5-13-28-18)23-15-16-6-3-7-17(14-16)24-20(26)19-9-4-12-27-19;/h3,5-8,13-14,19H,4,9-12,15H2,1-2H3,(H,22,23)(H,24,26);1H. The summed E-state index contributed by atoms with van der Waals surface area (Å²) in [6, 6.07) is 12.1. The van der Waals surface area contributed by atoms with E-state index in [1.165, 1.54) is 4.88 Å². The van der Waals surface area contributed by atoms with Crippen molar-refractivity contribution in [2.75, 3.05) is 32.6 Å². The maximum atomic E-state index is 12.2. The summed E-state index contributed by atoms with van der Waals surface area (Å²) in [6.45, 7) is 2.21. The number of anilines is 1. The number of nitrogens with zero attached hydrogens (tertiary/aromatic N) is 2. The van der Waals surface area contributed by atoms with Crippen molar-refractivity contribution in [3.05, 3.63) is 52.2 Å². The van der Waals surface area contributed by atoms with Crippen LogP contribution in [0.15, 0.2) is 46.8 Å². The minimum atomic E-state index is -0.322. The molecule has 3 rings (SSSR count). The Kier molecular flexibility index (Phi) is 9.89. The molecule has 1 saturated heterocycles. The molecule has 1 aromatic heterocycles. The third-order valence-corrected chi connectivity index (χ3v) is 5.65. The van der Waals surface area contributed by atoms with Gasteiger partial charge in [-0.3, -0.25) is 9.79 Å². The first kappa shape index (κ1) is 23.6. The van der Waals surface area contributed by atoms with Crippen molar-refractivity contribution < 1.29 is 9.53 Å². The lowest BCUT2D eigenvalue weighted by Gasteiger charge is -2.22. The first-order chi connectivity index (χ1) is 13.7. The van der Waals surface area contributed by atoms with Crippen LogP contribution in [0.4, 0.5) is 5.69 Å². The molecule has 2 aromatic rings. The van der Waals surface area contributed by atoms with Crippen LogP contribution in [0.25, 0.3) is 0 Å². The summed E-state index contributed by atoms with van der Waals surface area (Å²) in [6.07, 6.45) is 2.42. The van der Waals surface area contributed by atoms with Gasteiger partial charge in [0.15, 0.2) is 5.96 Å². The first-order valence-corrected chi connectivity index (χ1v) is 10.5. The molecule has 1 aliphatic rings. The van der Waals surface area contributed by atoms with Crippen LogP contribution in [0.3, 0.4) is 0 Å². The normalized spacial score (nSPS) is 16.2. The number of amides is 1. The highest BCUT2D eigenvalue weighted by atomic mass is 127. The van der Waals surface area contributed by atoms with Gasteiger partial charge in [0.25, 0.3) is 5.91 Å². The zero-order valence-electron chi connectivity index (χ0n) is 16.9. The number of guanidine groups is 1. The van der Waals surface area contributed by atoms with Gasteiger partial charge in [-0.1, -0.05) is 18.2 Å². The Morgan fingerprint density at radius 3 is 2.90 bits per heavy atom. The third-order valence-electron chi connectivity index (χ3n) is 4.71. The molecule has 1 amide bonds. The molecule has 8 heteroatoms. The van der Waals surface area contributed by atoms with Gasteiger partial charge in [0.2, 0.25) is 0 Å². The summed E-state index contributed by atoms with van der Waals surface area (Å²) in [5.41, 5.74) is 1.87. The van der Waals surface area contributed by atoms with E-state index in [-0.39, 0.29) is 36.0 Å². The van der Waals surface area contributed by atoms with E-state index in [0.29, 0.717) is 13.2 Å². The minimum absolute atomic E-state index is 0. The Balaban J connectivity index is 0.00000300. The molecule has 2 N–H and O–H groups in total. The van der Waals surface area contributed by atoms with E-state index in [0.717, 1.165) is 43.0 Å². The number of hydrogen-bond acceptors (Lipinski definition) is 4. The number of carbonyl (C=O) groups excluding carboxylic acids is 1. The Hall–Kier alpha value is -1.65. The lowest BCUT2D eigenvalue weighted by Crippen LogP contribution is -2.39. The summed E-state index contributed by atoms with van der Waals surface area (Å²) in [7, 11) is 3.84. The van der Waals surface area contributed by atoms with Crippen LogP contribution < -0.4 is 10.6 Å². The zero-order valence-corrected chi connectivity index (χ0v) is 20.0. The zero-order chi connectivity index (χ0) is 19.8. The second kappa shape index (κ2) is 12.1. The third kappa shape index (κ3) is 7.27. The number of carbonyl (C=O) groups is 1. The van der Waals surface area contributed by atoms with Crippen molar-refractivity contribution in [3.63, 3.8) is 0 Å². The molecule has 0 radical (unpaired) electrons. The van der Waals surface area contributed by atoms with Crippen LogP contribution in [-0.4, -0.2) is 50.1 Å². The van der Waals surface area contributed by atoms with Gasteiger partial charge in [-0.15, -0.1) is 35.3 Å². The van der Waals surface area contributed by atoms with Crippen molar-refractivity contribution in [3.8, 4) is 0 Å². The predicted octanol–water partition coefficient (Wildman–Crippen LogP) is 3.73. The molecule has 1 fully saturated rings. The smallest absolute Gasteiger partial charge is 0.253 e. The van der Waals surface area contributed by atoms with E-state index < -0.39 is 0 Å². The van der Waals surface area contributed by atoms with Gasteiger partial charge in [-0.2, -0.15) is 0 Å². The number of ether oxygens (including phenoxy) is 1. The quantitative estimate of drug-likeness (QED) is 0.327. The highest BCUT2D eigenvalue weighted by Gasteiger charge is 2.23. The van der Waals surface area contributed by atoms with Crippen LogP contribution in [0.5, 0.6) is 0 Å². The molecule has 29 heavy (non-hydrogen) atoms. The van der Waals surface area contributed by atoms with Gasteiger partial charge in [0.05, 0.1) is 0 Å². The van der Waals surface area contributed by atoms with Gasteiger partial charge < -0.3 is 20.3 Å². The average molecular weight is 528 g/mol. The highest BCUT2D eigenvalue weighted by Crippen LogP contribution is 2.16. The van der Waals surface area contributed by atoms with Gasteiger partial charge in [-0.05, 0) is 48.4 Å². The number of benzene rings is 1. The Bertz CT molecular complexity index is 792. The number of nitrogens with one attached hydrogen (secondary N) is 2. The van der Waals surface area contributed by atoms with Crippen molar-refractivity contribution in [1.29, 1.82) is 0 Å². The van der Waals surface area contributed by atoms with E-state index in [2.05, 4.69) is 38.0 Å². The molecule has 0 saturated carbocycles. The van der Waals surface area contributed by atoms with Gasteiger partial charge in [-0.25, -0.2) is 0 Å². The number of hydrogen-bond donors (Lipinski definition) is 2. The van der Waals surface area contributed by atoms with Crippen LogP contribution in [0, 0.1) is 0 Å². The first-order valence-electron chi connectivity index (χ1n) is 9.61. The molecule has 0 aliphatic carbocycles. The Labute approximate surface area is 193 Å². The second-order valence-corrected chi connectivity index (χ2v) is 7.88. The summed E-state index contributed by atoms with van der Waals surface area (Å²) in [5, 5.41) is 8.45. The second-order valence-electron chi connectivity index (χ2n) is 6.84. The van der Waals surface area contributed by atoms with Crippen LogP contribution in [0.1, 0.15) is 23.3 Å². The van der Waals surface area contributed by atoms with E-state index >= 15 is 0 Å². The average Bonchev–Trinajstić information content (AvgIpc) is 3.41. The fourth-order valence-electron chi connectivity index (χ4n) is 3.17. The summed E-state index contributed by atoms with van der Waals surface area (Å²) in [4.78, 5) is 20.1. The van der Waals surface area contributed by atoms with E-state index in [1.807, 2.05) is 31.3 Å². The molecule has 1 aromatic carbocycles. The van der Waals surface area contributed by atoms with Crippen molar-refractivity contribution in [1.82, 2.24) is 10.2 Å². The largest absolute Gasteiger partial charge is 0.368 e. The fourth-order valence-corrected chi connectivity index (χ4v) is 3.87. The summed E-state index contributed by atoms with van der Waals surface area (Å²) < 4.78 is 5.44. The topological polar surface area (TPSA) is 66.0 Å². The molecule has 0 spiro atoms. The highest BCUT2D eigenvalue weighted by molar-refractivity contribution is 14.0. The fraction of sp³-hybridized carbons (Fsp3) is 0.429. The van der Waals surface area contributed by atoms with Gasteiger partial charge >= 0.3 is 0 Å². The Morgan fingerprint density at radius 1 is 1.34 bits per heavy atom. The molecular weight excluding hydrogens is 499 g/mol. The predicted molar refractivity (Wildman–Crippen MR) is 130 cm³/mol. The van der Waals surface area contributed by atoms with E-state index in [4.69, 9.17) is 4.74 Å². The molecule has 158 valence electrons. The van der Waals surface area contributed by atoms with Crippen LogP contribution >= 0.6 is 35.3 Å². The SMILES string of the molecule is CN=C(NCc1cccc(NC(=O)C2CCCO2)c1)N(C)CCc1cccs1.I. The number of thiophene rings is 1. The number of rotatable bonds is 7. The number of halogens is 1. The summed E-state index contributed by atoms with van der Waals surface area (Å²) in [5.74, 6) is 0.789. The van der Waals surface area contributed by atoms with E-state index in [1.54, 1.807) is 18.4 Å². The maximum absolute atomic E-state index is 12.2. The monoisotopic (exact) mass is 528 g/mol. The maximum Gasteiger partial charge on any atom is 0.253 e. The molecule has 1 atom stereocenters. The Morgan fingerprint density at radius 2 is 2.21 bits per heavy atom. The van der Waals surface area contributed by atoms with Crippen molar-refractivity contribution in [2.45, 2.75) is 31.9 Å². The molecule has 2 heterocycles. The lowest BCUT2D eigenvalue weighted by atomic mass is 10.2. The number of likely N-dealkylation sites (N-methyl/N-ethyl adjacent to an activating group) is 1. The molecule has 1 aliphatic heterocycles. The molecule has 0 bridgehead atoms. The van der Waals surface area contributed by atoms with Crippen LogP contribution in [0.2, 0.25) is 0 Å². The van der Waals surface area contributed by atoms with Crippen LogP contribution in [-0.2, 0) is 22.5 Å². The van der Waals surface area contributed by atoms with Gasteiger partial charge in [0.1, 0.15) is 6.10 Å². The summed E-state index contributed by atoms with van der Waals surface area (Å²) >= 11 is 1.78. The van der Waals surface area contributed by atoms with E-state index in [9.17, 15) is 4.79 Å². The molecule has 6 nitrogen and oxygen atoms in total. The molecule has 1 unspecified atom stereocenters. The van der Waals surface area contributed by atoms with Crippen molar-refractivity contribution >= 4 is 52.9 Å².